The van der Waals surface area contributed by atoms with Gasteiger partial charge >= 0.3 is 0 Å². The third-order valence-corrected chi connectivity index (χ3v) is 1.91. The highest BCUT2D eigenvalue weighted by Gasteiger charge is 2.33. The fraction of sp³-hybridized carbons (Fsp3) is 0.625. The van der Waals surface area contributed by atoms with Crippen LogP contribution in [-0.2, 0) is 13.0 Å². The van der Waals surface area contributed by atoms with Gasteiger partial charge in [-0.05, 0) is 13.0 Å². The van der Waals surface area contributed by atoms with Gasteiger partial charge in [0.2, 0.25) is 0 Å². The molecule has 0 amide bonds. The Morgan fingerprint density at radius 2 is 2.23 bits per heavy atom. The number of aliphatic hydroxyl groups excluding tert-OH is 1. The van der Waals surface area contributed by atoms with Crippen LogP contribution in [0.4, 0.5) is 8.78 Å². The molecular weight excluding hydrogens is 178 g/mol. The van der Waals surface area contributed by atoms with Crippen LogP contribution in [-0.4, -0.2) is 21.5 Å². The van der Waals surface area contributed by atoms with Crippen LogP contribution in [0.1, 0.15) is 17.8 Å². The Balaban J connectivity index is 2.93. The summed E-state index contributed by atoms with van der Waals surface area (Å²) < 4.78 is 27.6. The minimum atomic E-state index is -3.03. The summed E-state index contributed by atoms with van der Waals surface area (Å²) >= 11 is 0. The van der Waals surface area contributed by atoms with E-state index >= 15 is 0 Å². The van der Waals surface area contributed by atoms with Crippen molar-refractivity contribution in [3.63, 3.8) is 0 Å². The van der Waals surface area contributed by atoms with Gasteiger partial charge in [-0.1, -0.05) is 0 Å². The van der Waals surface area contributed by atoms with Crippen LogP contribution in [0, 0.1) is 6.92 Å². The van der Waals surface area contributed by atoms with E-state index in [0.717, 1.165) is 0 Å². The van der Waals surface area contributed by atoms with Crippen molar-refractivity contribution in [3.8, 4) is 0 Å². The zero-order valence-corrected chi connectivity index (χ0v) is 7.59. The van der Waals surface area contributed by atoms with E-state index in [9.17, 15) is 8.78 Å². The second kappa shape index (κ2) is 3.41. The van der Waals surface area contributed by atoms with Gasteiger partial charge in [0.25, 0.3) is 5.92 Å². The highest BCUT2D eigenvalue weighted by Crippen LogP contribution is 2.30. The Hall–Kier alpha value is -0.970. The lowest BCUT2D eigenvalue weighted by Gasteiger charge is -2.10. The molecule has 1 rings (SSSR count). The van der Waals surface area contributed by atoms with Crippen molar-refractivity contribution in [2.75, 3.05) is 6.61 Å². The van der Waals surface area contributed by atoms with E-state index in [-0.39, 0.29) is 5.69 Å². The fourth-order valence-corrected chi connectivity index (χ4v) is 1.01. The van der Waals surface area contributed by atoms with Gasteiger partial charge in [-0.25, -0.2) is 0 Å². The molecule has 5 heteroatoms. The minimum absolute atomic E-state index is 0.276. The second-order valence-corrected chi connectivity index (χ2v) is 2.97. The first kappa shape index (κ1) is 10.1. The molecule has 1 heterocycles. The van der Waals surface area contributed by atoms with Crippen molar-refractivity contribution in [3.05, 3.63) is 17.5 Å². The van der Waals surface area contributed by atoms with Crippen molar-refractivity contribution in [1.82, 2.24) is 9.78 Å². The van der Waals surface area contributed by atoms with Crippen LogP contribution in [0.2, 0.25) is 0 Å². The minimum Gasteiger partial charge on any atom is -0.396 e. The van der Waals surface area contributed by atoms with Gasteiger partial charge < -0.3 is 5.11 Å². The van der Waals surface area contributed by atoms with Crippen LogP contribution in [0.5, 0.6) is 0 Å². The molecule has 0 atom stereocenters. The van der Waals surface area contributed by atoms with Crippen molar-refractivity contribution in [2.45, 2.75) is 19.3 Å². The van der Waals surface area contributed by atoms with E-state index in [2.05, 4.69) is 5.10 Å². The average Bonchev–Trinajstić information content (AvgIpc) is 2.33. The summed E-state index contributed by atoms with van der Waals surface area (Å²) in [5.74, 6) is -3.03. The van der Waals surface area contributed by atoms with Crippen LogP contribution in [0.15, 0.2) is 6.07 Å². The predicted octanol–water partition coefficient (Wildman–Crippen LogP) is 1.20. The third-order valence-electron chi connectivity index (χ3n) is 1.91. The zero-order valence-electron chi connectivity index (χ0n) is 7.59. The molecule has 0 saturated carbocycles. The molecule has 74 valence electrons. The Morgan fingerprint density at radius 3 is 2.62 bits per heavy atom. The van der Waals surface area contributed by atoms with Gasteiger partial charge in [-0.2, -0.15) is 13.9 Å². The van der Waals surface area contributed by atoms with E-state index < -0.39 is 19.0 Å². The number of aliphatic hydroxyl groups is 1. The van der Waals surface area contributed by atoms with Gasteiger partial charge in [0.1, 0.15) is 5.69 Å². The number of halogens is 2. The number of aromatic nitrogens is 2. The Bertz CT molecular complexity index is 277. The molecule has 0 aromatic carbocycles. The summed E-state index contributed by atoms with van der Waals surface area (Å²) in [6.45, 7) is 1.16. The highest BCUT2D eigenvalue weighted by molar-refractivity contribution is 5.13. The second-order valence-electron chi connectivity index (χ2n) is 2.97. The molecule has 1 aromatic heterocycles. The number of alkyl halides is 2. The Labute approximate surface area is 75.0 Å². The van der Waals surface area contributed by atoms with E-state index in [1.165, 1.54) is 10.7 Å². The maximum absolute atomic E-state index is 13.1. The molecule has 0 saturated heterocycles. The first-order valence-corrected chi connectivity index (χ1v) is 3.97. The summed E-state index contributed by atoms with van der Waals surface area (Å²) in [4.78, 5) is 0. The third kappa shape index (κ3) is 2.03. The fourth-order valence-electron chi connectivity index (χ4n) is 1.01. The molecule has 0 bridgehead atoms. The van der Waals surface area contributed by atoms with Gasteiger partial charge in [0, 0.05) is 25.8 Å². The molecule has 13 heavy (non-hydrogen) atoms. The highest BCUT2D eigenvalue weighted by atomic mass is 19.3. The molecule has 0 aliphatic rings. The standard InChI is InChI=1S/C8H12F2N2O/c1-6-5-7(11-12(6)2)8(9,10)3-4-13/h5,13H,3-4H2,1-2H3. The topological polar surface area (TPSA) is 38.1 Å². The molecular formula is C8H12F2N2O. The molecule has 0 spiro atoms. The van der Waals surface area contributed by atoms with Gasteiger partial charge in [-0.3, -0.25) is 4.68 Å². The van der Waals surface area contributed by atoms with E-state index in [0.29, 0.717) is 5.69 Å². The van der Waals surface area contributed by atoms with Gasteiger partial charge in [0.15, 0.2) is 0 Å². The summed E-state index contributed by atoms with van der Waals surface area (Å²) in [5.41, 5.74) is 0.397. The van der Waals surface area contributed by atoms with Crippen LogP contribution < -0.4 is 0 Å². The van der Waals surface area contributed by atoms with Crippen molar-refractivity contribution in [2.24, 2.45) is 7.05 Å². The SMILES string of the molecule is Cc1cc(C(F)(F)CCO)nn1C. The van der Waals surface area contributed by atoms with E-state index in [1.807, 2.05) is 0 Å². The molecule has 1 N–H and O–H groups in total. The first-order valence-electron chi connectivity index (χ1n) is 3.97. The maximum atomic E-state index is 13.1. The van der Waals surface area contributed by atoms with Crippen molar-refractivity contribution in [1.29, 1.82) is 0 Å². The summed E-state index contributed by atoms with van der Waals surface area (Å²) in [6, 6.07) is 1.33. The normalized spacial score (nSPS) is 12.1. The van der Waals surface area contributed by atoms with Gasteiger partial charge in [0.05, 0.1) is 0 Å². The molecule has 0 fully saturated rings. The van der Waals surface area contributed by atoms with Crippen molar-refractivity contribution < 1.29 is 13.9 Å². The largest absolute Gasteiger partial charge is 0.396 e. The summed E-state index contributed by atoms with van der Waals surface area (Å²) in [6.07, 6.45) is -0.580. The average molecular weight is 190 g/mol. The number of hydrogen-bond acceptors (Lipinski definition) is 2. The van der Waals surface area contributed by atoms with Crippen molar-refractivity contribution >= 4 is 0 Å². The monoisotopic (exact) mass is 190 g/mol. The molecule has 0 aliphatic heterocycles. The lowest BCUT2D eigenvalue weighted by Crippen LogP contribution is -2.16. The Kier molecular flexibility index (Phi) is 2.66. The van der Waals surface area contributed by atoms with Crippen LogP contribution in [0.25, 0.3) is 0 Å². The molecule has 0 unspecified atom stereocenters. The lowest BCUT2D eigenvalue weighted by atomic mass is 10.2. The first-order chi connectivity index (χ1) is 5.97. The predicted molar refractivity (Wildman–Crippen MR) is 43.5 cm³/mol. The summed E-state index contributed by atoms with van der Waals surface area (Å²) in [7, 11) is 1.61. The number of hydrogen-bond donors (Lipinski definition) is 1. The molecule has 0 aliphatic carbocycles. The Morgan fingerprint density at radius 1 is 1.62 bits per heavy atom. The van der Waals surface area contributed by atoms with Crippen LogP contribution in [0.3, 0.4) is 0 Å². The summed E-state index contributed by atoms with van der Waals surface area (Å²) in [5, 5.41) is 12.1. The maximum Gasteiger partial charge on any atom is 0.293 e. The molecule has 0 radical (unpaired) electrons. The number of rotatable bonds is 3. The lowest BCUT2D eigenvalue weighted by molar-refractivity contribution is -0.0314. The molecule has 3 nitrogen and oxygen atoms in total. The number of nitrogens with zero attached hydrogens (tertiary/aromatic N) is 2. The quantitative estimate of drug-likeness (QED) is 0.777. The smallest absolute Gasteiger partial charge is 0.293 e. The zero-order chi connectivity index (χ0) is 10.1. The van der Waals surface area contributed by atoms with E-state index in [4.69, 9.17) is 5.11 Å². The number of aryl methyl sites for hydroxylation is 2. The van der Waals surface area contributed by atoms with E-state index in [1.54, 1.807) is 14.0 Å². The van der Waals surface area contributed by atoms with Crippen LogP contribution >= 0.6 is 0 Å². The van der Waals surface area contributed by atoms with Gasteiger partial charge in [-0.15, -0.1) is 0 Å². The molecule has 1 aromatic rings.